The SMILES string of the molecule is Fc1cccc(F)c1C1=NC(CCOc2ccc(I)cc2)CO1. The average molecular weight is 429 g/mol. The van der Waals surface area contributed by atoms with Gasteiger partial charge in [-0.2, -0.15) is 0 Å². The Morgan fingerprint density at radius 2 is 1.83 bits per heavy atom. The van der Waals surface area contributed by atoms with Crippen LogP contribution in [0.1, 0.15) is 12.0 Å². The molecular formula is C17H14F2INO2. The number of nitrogens with zero attached hydrogens (tertiary/aromatic N) is 1. The fourth-order valence-electron chi connectivity index (χ4n) is 2.25. The highest BCUT2D eigenvalue weighted by Crippen LogP contribution is 2.20. The number of ether oxygens (including phenoxy) is 2. The van der Waals surface area contributed by atoms with E-state index in [-0.39, 0.29) is 17.5 Å². The van der Waals surface area contributed by atoms with Gasteiger partial charge in [0.05, 0.1) is 12.6 Å². The highest BCUT2D eigenvalue weighted by atomic mass is 127. The molecule has 2 aromatic rings. The van der Waals surface area contributed by atoms with E-state index in [2.05, 4.69) is 27.6 Å². The third kappa shape index (κ3) is 3.99. The van der Waals surface area contributed by atoms with Crippen LogP contribution in [0, 0.1) is 15.2 Å². The Kier molecular flexibility index (Phi) is 5.09. The van der Waals surface area contributed by atoms with Crippen LogP contribution in [0.4, 0.5) is 8.78 Å². The van der Waals surface area contributed by atoms with Gasteiger partial charge in [0.1, 0.15) is 29.6 Å². The lowest BCUT2D eigenvalue weighted by molar-refractivity contribution is 0.264. The molecule has 3 rings (SSSR count). The monoisotopic (exact) mass is 429 g/mol. The predicted octanol–water partition coefficient (Wildman–Crippen LogP) is 4.18. The molecule has 1 heterocycles. The second-order valence-corrected chi connectivity index (χ2v) is 6.33. The Morgan fingerprint density at radius 3 is 2.52 bits per heavy atom. The molecule has 2 aromatic carbocycles. The van der Waals surface area contributed by atoms with Crippen LogP contribution in [-0.4, -0.2) is 25.2 Å². The Bertz CT molecular complexity index is 699. The van der Waals surface area contributed by atoms with Crippen molar-refractivity contribution in [1.82, 2.24) is 0 Å². The number of benzene rings is 2. The van der Waals surface area contributed by atoms with Crippen molar-refractivity contribution in [3.05, 3.63) is 63.2 Å². The van der Waals surface area contributed by atoms with Gasteiger partial charge in [0, 0.05) is 9.99 Å². The molecule has 0 aliphatic carbocycles. The molecule has 0 bridgehead atoms. The molecule has 1 aliphatic rings. The average Bonchev–Trinajstić information content (AvgIpc) is 2.98. The van der Waals surface area contributed by atoms with E-state index in [1.807, 2.05) is 24.3 Å². The number of hydrogen-bond donors (Lipinski definition) is 0. The summed E-state index contributed by atoms with van der Waals surface area (Å²) in [5.41, 5.74) is -0.200. The lowest BCUT2D eigenvalue weighted by Gasteiger charge is -2.07. The summed E-state index contributed by atoms with van der Waals surface area (Å²) in [6.07, 6.45) is 0.617. The van der Waals surface area contributed by atoms with Crippen LogP contribution < -0.4 is 4.74 Å². The molecule has 0 amide bonds. The van der Waals surface area contributed by atoms with E-state index in [0.29, 0.717) is 19.6 Å². The molecule has 0 N–H and O–H groups in total. The summed E-state index contributed by atoms with van der Waals surface area (Å²) in [5, 5.41) is 0. The second kappa shape index (κ2) is 7.25. The van der Waals surface area contributed by atoms with Gasteiger partial charge in [0.25, 0.3) is 0 Å². The van der Waals surface area contributed by atoms with Crippen LogP contribution in [0.2, 0.25) is 0 Å². The molecule has 23 heavy (non-hydrogen) atoms. The molecule has 3 nitrogen and oxygen atoms in total. The van der Waals surface area contributed by atoms with Crippen LogP contribution in [0.3, 0.4) is 0 Å². The van der Waals surface area contributed by atoms with Crippen molar-refractivity contribution < 1.29 is 18.3 Å². The van der Waals surface area contributed by atoms with Crippen molar-refractivity contribution >= 4 is 28.5 Å². The van der Waals surface area contributed by atoms with Gasteiger partial charge in [-0.25, -0.2) is 13.8 Å². The highest BCUT2D eigenvalue weighted by Gasteiger charge is 2.24. The maximum Gasteiger partial charge on any atom is 0.222 e. The van der Waals surface area contributed by atoms with Crippen molar-refractivity contribution in [1.29, 1.82) is 0 Å². The van der Waals surface area contributed by atoms with Crippen molar-refractivity contribution in [3.63, 3.8) is 0 Å². The van der Waals surface area contributed by atoms with Gasteiger partial charge >= 0.3 is 0 Å². The molecule has 0 saturated carbocycles. The van der Waals surface area contributed by atoms with Gasteiger partial charge in [-0.3, -0.25) is 0 Å². The topological polar surface area (TPSA) is 30.8 Å². The summed E-state index contributed by atoms with van der Waals surface area (Å²) < 4.78 is 39.5. The van der Waals surface area contributed by atoms with Crippen molar-refractivity contribution in [2.45, 2.75) is 12.5 Å². The third-order valence-corrected chi connectivity index (χ3v) is 4.14. The largest absolute Gasteiger partial charge is 0.494 e. The van der Waals surface area contributed by atoms with Crippen molar-refractivity contribution in [3.8, 4) is 5.75 Å². The molecule has 0 aromatic heterocycles. The zero-order valence-electron chi connectivity index (χ0n) is 12.1. The first kappa shape index (κ1) is 16.2. The molecule has 6 heteroatoms. The van der Waals surface area contributed by atoms with Gasteiger partial charge in [0.2, 0.25) is 5.90 Å². The minimum atomic E-state index is -0.667. The van der Waals surface area contributed by atoms with Gasteiger partial charge in [-0.15, -0.1) is 0 Å². The quantitative estimate of drug-likeness (QED) is 0.668. The summed E-state index contributed by atoms with van der Waals surface area (Å²) in [6, 6.07) is 11.3. The molecule has 0 spiro atoms. The zero-order chi connectivity index (χ0) is 16.2. The number of halogens is 3. The maximum absolute atomic E-state index is 13.7. The smallest absolute Gasteiger partial charge is 0.222 e. The van der Waals surface area contributed by atoms with E-state index < -0.39 is 11.6 Å². The third-order valence-electron chi connectivity index (χ3n) is 3.42. The van der Waals surface area contributed by atoms with Gasteiger partial charge in [0.15, 0.2) is 0 Å². The normalized spacial score (nSPS) is 16.8. The maximum atomic E-state index is 13.7. The minimum Gasteiger partial charge on any atom is -0.494 e. The molecular weight excluding hydrogens is 415 g/mol. The van der Waals surface area contributed by atoms with Crippen molar-refractivity contribution in [2.75, 3.05) is 13.2 Å². The Morgan fingerprint density at radius 1 is 1.13 bits per heavy atom. The zero-order valence-corrected chi connectivity index (χ0v) is 14.3. The van der Waals surface area contributed by atoms with E-state index in [9.17, 15) is 8.78 Å². The van der Waals surface area contributed by atoms with Crippen LogP contribution >= 0.6 is 22.6 Å². The fourth-order valence-corrected chi connectivity index (χ4v) is 2.61. The van der Waals surface area contributed by atoms with Gasteiger partial charge < -0.3 is 9.47 Å². The molecule has 0 fully saturated rings. The number of rotatable bonds is 5. The van der Waals surface area contributed by atoms with Crippen LogP contribution in [0.15, 0.2) is 47.5 Å². The van der Waals surface area contributed by atoms with Gasteiger partial charge in [-0.05, 0) is 59.0 Å². The highest BCUT2D eigenvalue weighted by molar-refractivity contribution is 14.1. The molecule has 1 unspecified atom stereocenters. The van der Waals surface area contributed by atoms with E-state index >= 15 is 0 Å². The Hall–Kier alpha value is -1.70. The fraction of sp³-hybridized carbons (Fsp3) is 0.235. The van der Waals surface area contributed by atoms with Gasteiger partial charge in [-0.1, -0.05) is 6.07 Å². The lowest BCUT2D eigenvalue weighted by atomic mass is 10.2. The lowest BCUT2D eigenvalue weighted by Crippen LogP contribution is -2.11. The first-order chi connectivity index (χ1) is 11.1. The molecule has 1 atom stereocenters. The molecule has 1 aliphatic heterocycles. The van der Waals surface area contributed by atoms with E-state index in [1.54, 1.807) is 0 Å². The standard InChI is InChI=1S/C17H14F2INO2/c18-14-2-1-3-15(19)16(14)17-21-12(10-23-17)8-9-22-13-6-4-11(20)5-7-13/h1-7,12H,8-10H2. The summed E-state index contributed by atoms with van der Waals surface area (Å²) in [7, 11) is 0. The Labute approximate surface area is 146 Å². The van der Waals surface area contributed by atoms with E-state index in [0.717, 1.165) is 9.32 Å². The second-order valence-electron chi connectivity index (χ2n) is 5.09. The summed E-state index contributed by atoms with van der Waals surface area (Å²) >= 11 is 2.23. The van der Waals surface area contributed by atoms with Crippen molar-refractivity contribution in [2.24, 2.45) is 4.99 Å². The van der Waals surface area contributed by atoms with E-state index in [1.165, 1.54) is 18.2 Å². The predicted molar refractivity (Wildman–Crippen MR) is 91.9 cm³/mol. The summed E-state index contributed by atoms with van der Waals surface area (Å²) in [4.78, 5) is 4.26. The summed E-state index contributed by atoms with van der Waals surface area (Å²) in [6.45, 7) is 0.768. The number of hydrogen-bond acceptors (Lipinski definition) is 3. The van der Waals surface area contributed by atoms with Crippen LogP contribution in [0.25, 0.3) is 0 Å². The molecule has 120 valence electrons. The first-order valence-electron chi connectivity index (χ1n) is 7.17. The first-order valence-corrected chi connectivity index (χ1v) is 8.24. The van der Waals surface area contributed by atoms with E-state index in [4.69, 9.17) is 9.47 Å². The van der Waals surface area contributed by atoms with Crippen LogP contribution in [-0.2, 0) is 4.74 Å². The minimum absolute atomic E-state index is 0.0277. The Balaban J connectivity index is 1.58. The number of aliphatic imine (C=N–C) groups is 1. The molecule has 0 saturated heterocycles. The van der Waals surface area contributed by atoms with Crippen LogP contribution in [0.5, 0.6) is 5.75 Å². The summed E-state index contributed by atoms with van der Waals surface area (Å²) in [5.74, 6) is -0.521. The molecule has 0 radical (unpaired) electrons.